The van der Waals surface area contributed by atoms with E-state index in [1.165, 1.54) is 12.8 Å². The smallest absolute Gasteiger partial charge is 0.304 e. The lowest BCUT2D eigenvalue weighted by Crippen LogP contribution is -2.36. The Bertz CT molecular complexity index is 203. The molecule has 0 heterocycles. The SMILES string of the molecule is CC1(C)CCC(C(N)CC(=O)O)CC1. The Hall–Kier alpha value is -0.570. The summed E-state index contributed by atoms with van der Waals surface area (Å²) in [6.07, 6.45) is 4.63. The molecular weight excluding hydrogens is 178 g/mol. The fourth-order valence-corrected chi connectivity index (χ4v) is 2.22. The second kappa shape index (κ2) is 4.30. The number of hydrogen-bond acceptors (Lipinski definition) is 2. The van der Waals surface area contributed by atoms with Gasteiger partial charge in [-0.15, -0.1) is 0 Å². The van der Waals surface area contributed by atoms with Gasteiger partial charge in [-0.2, -0.15) is 0 Å². The number of carboxylic acid groups (broad SMARTS) is 1. The molecule has 14 heavy (non-hydrogen) atoms. The molecule has 3 heteroatoms. The van der Waals surface area contributed by atoms with Crippen LogP contribution in [0.15, 0.2) is 0 Å². The van der Waals surface area contributed by atoms with E-state index in [-0.39, 0.29) is 12.5 Å². The summed E-state index contributed by atoms with van der Waals surface area (Å²) in [7, 11) is 0. The number of aliphatic carboxylic acids is 1. The highest BCUT2D eigenvalue weighted by atomic mass is 16.4. The molecule has 1 fully saturated rings. The van der Waals surface area contributed by atoms with Gasteiger partial charge in [0.15, 0.2) is 0 Å². The quantitative estimate of drug-likeness (QED) is 0.730. The summed E-state index contributed by atoms with van der Waals surface area (Å²) in [5, 5.41) is 8.64. The van der Waals surface area contributed by atoms with Gasteiger partial charge in [0.25, 0.3) is 0 Å². The van der Waals surface area contributed by atoms with Crippen LogP contribution in [0.2, 0.25) is 0 Å². The highest BCUT2D eigenvalue weighted by Crippen LogP contribution is 2.39. The normalized spacial score (nSPS) is 24.5. The van der Waals surface area contributed by atoms with Crippen molar-refractivity contribution in [3.63, 3.8) is 0 Å². The van der Waals surface area contributed by atoms with Crippen molar-refractivity contribution in [3.8, 4) is 0 Å². The van der Waals surface area contributed by atoms with E-state index in [1.54, 1.807) is 0 Å². The molecule has 0 aromatic rings. The molecule has 3 N–H and O–H groups in total. The Balaban J connectivity index is 2.37. The first-order valence-electron chi connectivity index (χ1n) is 5.38. The summed E-state index contributed by atoms with van der Waals surface area (Å²) in [5.41, 5.74) is 6.29. The highest BCUT2D eigenvalue weighted by molar-refractivity contribution is 5.67. The number of carboxylic acids is 1. The molecule has 0 amide bonds. The first kappa shape index (κ1) is 11.5. The van der Waals surface area contributed by atoms with E-state index < -0.39 is 5.97 Å². The Morgan fingerprint density at radius 1 is 1.50 bits per heavy atom. The Morgan fingerprint density at radius 3 is 2.43 bits per heavy atom. The average Bonchev–Trinajstić information content (AvgIpc) is 2.02. The minimum Gasteiger partial charge on any atom is -0.481 e. The van der Waals surface area contributed by atoms with Crippen molar-refractivity contribution >= 4 is 5.97 Å². The van der Waals surface area contributed by atoms with Crippen molar-refractivity contribution in [1.29, 1.82) is 0 Å². The van der Waals surface area contributed by atoms with E-state index in [0.29, 0.717) is 11.3 Å². The molecule has 1 saturated carbocycles. The predicted octanol–water partition coefficient (Wildman–Crippen LogP) is 2.00. The van der Waals surface area contributed by atoms with E-state index in [2.05, 4.69) is 13.8 Å². The van der Waals surface area contributed by atoms with Gasteiger partial charge >= 0.3 is 5.97 Å². The summed E-state index contributed by atoms with van der Waals surface area (Å²) >= 11 is 0. The van der Waals surface area contributed by atoms with E-state index >= 15 is 0 Å². The molecule has 1 atom stereocenters. The summed E-state index contributed by atoms with van der Waals surface area (Å²) in [5.74, 6) is -0.360. The Kier molecular flexibility index (Phi) is 3.53. The van der Waals surface area contributed by atoms with Crippen LogP contribution in [0.1, 0.15) is 46.0 Å². The van der Waals surface area contributed by atoms with Crippen LogP contribution in [0.5, 0.6) is 0 Å². The number of hydrogen-bond donors (Lipinski definition) is 2. The van der Waals surface area contributed by atoms with Gasteiger partial charge in [-0.3, -0.25) is 4.79 Å². The first-order valence-corrected chi connectivity index (χ1v) is 5.38. The summed E-state index contributed by atoms with van der Waals surface area (Å²) in [6, 6.07) is -0.149. The van der Waals surface area contributed by atoms with E-state index in [1.807, 2.05) is 0 Å². The average molecular weight is 199 g/mol. The third-order valence-corrected chi connectivity index (χ3v) is 3.40. The minimum absolute atomic E-state index is 0.116. The zero-order valence-corrected chi connectivity index (χ0v) is 9.12. The van der Waals surface area contributed by atoms with Gasteiger partial charge in [-0.1, -0.05) is 13.8 Å². The molecule has 0 radical (unpaired) electrons. The van der Waals surface area contributed by atoms with Crippen molar-refractivity contribution in [2.75, 3.05) is 0 Å². The van der Waals surface area contributed by atoms with Crippen LogP contribution in [-0.4, -0.2) is 17.1 Å². The molecule has 1 aliphatic rings. The van der Waals surface area contributed by atoms with Crippen LogP contribution in [0.25, 0.3) is 0 Å². The molecule has 0 bridgehead atoms. The van der Waals surface area contributed by atoms with Gasteiger partial charge in [0.05, 0.1) is 6.42 Å². The molecular formula is C11H21NO2. The van der Waals surface area contributed by atoms with Crippen LogP contribution >= 0.6 is 0 Å². The van der Waals surface area contributed by atoms with Crippen molar-refractivity contribution < 1.29 is 9.90 Å². The van der Waals surface area contributed by atoms with Crippen LogP contribution < -0.4 is 5.73 Å². The molecule has 1 aliphatic carbocycles. The molecule has 0 aromatic heterocycles. The molecule has 3 nitrogen and oxygen atoms in total. The van der Waals surface area contributed by atoms with Crippen LogP contribution in [0.3, 0.4) is 0 Å². The standard InChI is InChI=1S/C11H21NO2/c1-11(2)5-3-8(4-6-11)9(12)7-10(13)14/h8-9H,3-7,12H2,1-2H3,(H,13,14). The molecule has 82 valence electrons. The van der Waals surface area contributed by atoms with Gasteiger partial charge < -0.3 is 10.8 Å². The monoisotopic (exact) mass is 199 g/mol. The van der Waals surface area contributed by atoms with Gasteiger partial charge in [0.2, 0.25) is 0 Å². The molecule has 0 aromatic carbocycles. The van der Waals surface area contributed by atoms with Gasteiger partial charge in [0, 0.05) is 6.04 Å². The Morgan fingerprint density at radius 2 is 2.00 bits per heavy atom. The van der Waals surface area contributed by atoms with Crippen molar-refractivity contribution in [3.05, 3.63) is 0 Å². The number of nitrogens with two attached hydrogens (primary N) is 1. The van der Waals surface area contributed by atoms with Gasteiger partial charge in [-0.25, -0.2) is 0 Å². The maximum Gasteiger partial charge on any atom is 0.304 e. The van der Waals surface area contributed by atoms with E-state index in [9.17, 15) is 4.79 Å². The van der Waals surface area contributed by atoms with Crippen molar-refractivity contribution in [2.45, 2.75) is 52.0 Å². The second-order valence-corrected chi connectivity index (χ2v) is 5.26. The minimum atomic E-state index is -0.776. The topological polar surface area (TPSA) is 63.3 Å². The third-order valence-electron chi connectivity index (χ3n) is 3.40. The second-order valence-electron chi connectivity index (χ2n) is 5.26. The summed E-state index contributed by atoms with van der Waals surface area (Å²) < 4.78 is 0. The predicted molar refractivity (Wildman–Crippen MR) is 56.0 cm³/mol. The fraction of sp³-hybridized carbons (Fsp3) is 0.909. The largest absolute Gasteiger partial charge is 0.481 e. The van der Waals surface area contributed by atoms with E-state index in [0.717, 1.165) is 12.8 Å². The van der Waals surface area contributed by atoms with Gasteiger partial charge in [0.1, 0.15) is 0 Å². The van der Waals surface area contributed by atoms with Crippen molar-refractivity contribution in [1.82, 2.24) is 0 Å². The zero-order chi connectivity index (χ0) is 10.8. The molecule has 1 rings (SSSR count). The molecule has 0 spiro atoms. The first-order chi connectivity index (χ1) is 6.41. The number of rotatable bonds is 3. The van der Waals surface area contributed by atoms with Crippen LogP contribution in [-0.2, 0) is 4.79 Å². The Labute approximate surface area is 85.7 Å². The molecule has 0 saturated heterocycles. The third kappa shape index (κ3) is 3.29. The van der Waals surface area contributed by atoms with Crippen LogP contribution in [0.4, 0.5) is 0 Å². The maximum absolute atomic E-state index is 10.5. The lowest BCUT2D eigenvalue weighted by molar-refractivity contribution is -0.137. The van der Waals surface area contributed by atoms with Crippen molar-refractivity contribution in [2.24, 2.45) is 17.1 Å². The lowest BCUT2D eigenvalue weighted by atomic mass is 9.71. The summed E-state index contributed by atoms with van der Waals surface area (Å²) in [6.45, 7) is 4.54. The highest BCUT2D eigenvalue weighted by Gasteiger charge is 2.30. The zero-order valence-electron chi connectivity index (χ0n) is 9.12. The fourth-order valence-electron chi connectivity index (χ4n) is 2.22. The summed E-state index contributed by atoms with van der Waals surface area (Å²) in [4.78, 5) is 10.5. The maximum atomic E-state index is 10.5. The van der Waals surface area contributed by atoms with E-state index in [4.69, 9.17) is 10.8 Å². The number of carbonyl (C=O) groups is 1. The molecule has 0 aliphatic heterocycles. The van der Waals surface area contributed by atoms with Gasteiger partial charge in [-0.05, 0) is 37.0 Å². The lowest BCUT2D eigenvalue weighted by Gasteiger charge is -2.36. The van der Waals surface area contributed by atoms with Crippen LogP contribution in [0, 0.1) is 11.3 Å². The molecule has 1 unspecified atom stereocenters.